The summed E-state index contributed by atoms with van der Waals surface area (Å²) >= 11 is 12.1. The first kappa shape index (κ1) is 18.6. The van der Waals surface area contributed by atoms with Crippen molar-refractivity contribution >= 4 is 44.5 Å². The number of nitrogens with zero attached hydrogens (tertiary/aromatic N) is 2. The number of aromatic nitrogens is 2. The van der Waals surface area contributed by atoms with Crippen LogP contribution in [0.5, 0.6) is 0 Å². The minimum Gasteiger partial charge on any atom is -0.397 e. The molecular weight excluding hydrogens is 395 g/mol. The Labute approximate surface area is 161 Å². The van der Waals surface area contributed by atoms with Gasteiger partial charge in [-0.25, -0.2) is 13.1 Å². The van der Waals surface area contributed by atoms with Crippen LogP contribution in [0.3, 0.4) is 0 Å². The van der Waals surface area contributed by atoms with Crippen LogP contribution in [0.2, 0.25) is 10.0 Å². The van der Waals surface area contributed by atoms with Crippen molar-refractivity contribution in [1.82, 2.24) is 9.78 Å². The minimum absolute atomic E-state index is 0.0264. The van der Waals surface area contributed by atoms with E-state index in [1.165, 1.54) is 16.8 Å². The number of aryl methyl sites for hydroxylation is 1. The lowest BCUT2D eigenvalue weighted by Gasteiger charge is -2.09. The molecule has 136 valence electrons. The summed E-state index contributed by atoms with van der Waals surface area (Å²) in [5, 5.41) is 4.35. The van der Waals surface area contributed by atoms with Crippen molar-refractivity contribution in [3.05, 3.63) is 63.8 Å². The summed E-state index contributed by atoms with van der Waals surface area (Å²) in [5.74, 6) is 0.0374. The van der Waals surface area contributed by atoms with Gasteiger partial charge in [-0.2, -0.15) is 5.10 Å². The van der Waals surface area contributed by atoms with Crippen molar-refractivity contribution in [3.63, 3.8) is 0 Å². The van der Waals surface area contributed by atoms with Gasteiger partial charge in [0.2, 0.25) is 9.84 Å². The lowest BCUT2D eigenvalue weighted by Crippen LogP contribution is -2.10. The summed E-state index contributed by atoms with van der Waals surface area (Å²) in [4.78, 5) is -0.247. The predicted molar refractivity (Wildman–Crippen MR) is 103 cm³/mol. The molecule has 0 spiro atoms. The van der Waals surface area contributed by atoms with Crippen molar-refractivity contribution in [2.24, 2.45) is 0 Å². The first-order chi connectivity index (χ1) is 12.2. The Morgan fingerprint density at radius 2 is 1.73 bits per heavy atom. The molecular formula is C17H16Cl2N4O2S. The third-order valence-electron chi connectivity index (χ3n) is 3.89. The van der Waals surface area contributed by atoms with Crippen LogP contribution in [-0.2, 0) is 16.4 Å². The topological polar surface area (TPSA) is 104 Å². The van der Waals surface area contributed by atoms with Crippen LogP contribution >= 0.6 is 23.2 Å². The van der Waals surface area contributed by atoms with Crippen LogP contribution in [0.1, 0.15) is 11.3 Å². The first-order valence-electron chi connectivity index (χ1n) is 7.58. The Hall–Kier alpha value is -2.22. The number of benzene rings is 2. The third-order valence-corrected chi connectivity index (χ3v) is 6.61. The van der Waals surface area contributed by atoms with Gasteiger partial charge in [0.05, 0.1) is 32.9 Å². The quantitative estimate of drug-likeness (QED) is 0.639. The zero-order valence-corrected chi connectivity index (χ0v) is 16.1. The van der Waals surface area contributed by atoms with E-state index in [1.807, 2.05) is 30.3 Å². The van der Waals surface area contributed by atoms with Gasteiger partial charge in [0.15, 0.2) is 0 Å². The highest BCUT2D eigenvalue weighted by Gasteiger charge is 2.30. The Balaban J connectivity index is 2.11. The van der Waals surface area contributed by atoms with Gasteiger partial charge in [0.25, 0.3) is 0 Å². The van der Waals surface area contributed by atoms with E-state index < -0.39 is 9.84 Å². The fraction of sp³-hybridized carbons (Fsp3) is 0.118. The summed E-state index contributed by atoms with van der Waals surface area (Å²) in [6.45, 7) is 1.93. The number of nitrogens with two attached hydrogens (primary N) is 2. The zero-order chi connectivity index (χ0) is 19.1. The largest absolute Gasteiger partial charge is 0.397 e. The van der Waals surface area contributed by atoms with E-state index in [4.69, 9.17) is 34.7 Å². The van der Waals surface area contributed by atoms with Crippen LogP contribution in [0, 0.1) is 6.92 Å². The molecule has 0 aliphatic rings. The van der Waals surface area contributed by atoms with Crippen molar-refractivity contribution in [3.8, 4) is 0 Å². The standard InChI is InChI=1S/C17H16Cl2N4O2S/c1-10-16(17(21)23(22-10)9-11-5-3-2-4-6-11)26(24,25)15-8-12(18)14(20)7-13(15)19/h2-8H,9,20-21H2,1H3. The Morgan fingerprint density at radius 1 is 1.08 bits per heavy atom. The maximum Gasteiger partial charge on any atom is 0.213 e. The van der Waals surface area contributed by atoms with Crippen LogP contribution in [0.4, 0.5) is 11.5 Å². The average Bonchev–Trinajstić information content (AvgIpc) is 2.86. The first-order valence-corrected chi connectivity index (χ1v) is 9.82. The summed E-state index contributed by atoms with van der Waals surface area (Å²) in [5.41, 5.74) is 13.2. The Kier molecular flexibility index (Phi) is 4.88. The van der Waals surface area contributed by atoms with Crippen LogP contribution in [-0.4, -0.2) is 18.2 Å². The van der Waals surface area contributed by atoms with Gasteiger partial charge in [-0.3, -0.25) is 0 Å². The number of rotatable bonds is 4. The molecule has 6 nitrogen and oxygen atoms in total. The van der Waals surface area contributed by atoms with Gasteiger partial charge in [-0.05, 0) is 24.6 Å². The van der Waals surface area contributed by atoms with Crippen molar-refractivity contribution in [2.45, 2.75) is 23.3 Å². The molecule has 4 N–H and O–H groups in total. The van der Waals surface area contributed by atoms with Gasteiger partial charge < -0.3 is 11.5 Å². The minimum atomic E-state index is -4.02. The number of nitrogen functional groups attached to an aromatic ring is 2. The predicted octanol–water partition coefficient (Wildman–Crippen LogP) is 3.54. The summed E-state index contributed by atoms with van der Waals surface area (Å²) in [7, 11) is -4.02. The molecule has 0 atom stereocenters. The monoisotopic (exact) mass is 410 g/mol. The molecule has 3 rings (SSSR count). The highest BCUT2D eigenvalue weighted by atomic mass is 35.5. The maximum absolute atomic E-state index is 13.1. The van der Waals surface area contributed by atoms with E-state index in [9.17, 15) is 8.42 Å². The number of hydrogen-bond donors (Lipinski definition) is 2. The highest BCUT2D eigenvalue weighted by Crippen LogP contribution is 2.36. The van der Waals surface area contributed by atoms with E-state index in [2.05, 4.69) is 5.10 Å². The van der Waals surface area contributed by atoms with E-state index in [1.54, 1.807) is 6.92 Å². The lowest BCUT2D eigenvalue weighted by atomic mass is 10.2. The second-order valence-corrected chi connectivity index (χ2v) is 8.42. The Morgan fingerprint density at radius 3 is 2.38 bits per heavy atom. The highest BCUT2D eigenvalue weighted by molar-refractivity contribution is 7.91. The molecule has 0 fully saturated rings. The Bertz CT molecular complexity index is 1080. The van der Waals surface area contributed by atoms with Crippen LogP contribution in [0.25, 0.3) is 0 Å². The molecule has 1 heterocycles. The normalized spacial score (nSPS) is 11.7. The van der Waals surface area contributed by atoms with Gasteiger partial charge in [0.1, 0.15) is 10.7 Å². The van der Waals surface area contributed by atoms with Gasteiger partial charge in [0, 0.05) is 0 Å². The van der Waals surface area contributed by atoms with E-state index in [0.29, 0.717) is 6.54 Å². The van der Waals surface area contributed by atoms with Gasteiger partial charge in [-0.15, -0.1) is 0 Å². The maximum atomic E-state index is 13.1. The molecule has 1 aromatic heterocycles. The molecule has 0 aliphatic carbocycles. The zero-order valence-electron chi connectivity index (χ0n) is 13.8. The molecule has 0 bridgehead atoms. The molecule has 0 amide bonds. The molecule has 26 heavy (non-hydrogen) atoms. The summed E-state index contributed by atoms with van der Waals surface area (Å²) in [6, 6.07) is 12.0. The van der Waals surface area contributed by atoms with E-state index >= 15 is 0 Å². The van der Waals surface area contributed by atoms with Crippen molar-refractivity contribution in [2.75, 3.05) is 11.5 Å². The van der Waals surface area contributed by atoms with Crippen molar-refractivity contribution in [1.29, 1.82) is 0 Å². The van der Waals surface area contributed by atoms with Crippen molar-refractivity contribution < 1.29 is 8.42 Å². The number of sulfone groups is 1. The van der Waals surface area contributed by atoms with Gasteiger partial charge >= 0.3 is 0 Å². The van der Waals surface area contributed by atoms with Crippen LogP contribution in [0.15, 0.2) is 52.3 Å². The molecule has 0 aliphatic heterocycles. The molecule has 0 saturated heterocycles. The second kappa shape index (κ2) is 6.83. The average molecular weight is 411 g/mol. The van der Waals surface area contributed by atoms with Crippen LogP contribution < -0.4 is 11.5 Å². The molecule has 9 heteroatoms. The fourth-order valence-corrected chi connectivity index (χ4v) is 4.98. The SMILES string of the molecule is Cc1nn(Cc2ccccc2)c(N)c1S(=O)(=O)c1cc(Cl)c(N)cc1Cl. The molecule has 0 unspecified atom stereocenters. The molecule has 3 aromatic rings. The van der Waals surface area contributed by atoms with Gasteiger partial charge in [-0.1, -0.05) is 53.5 Å². The smallest absolute Gasteiger partial charge is 0.213 e. The van der Waals surface area contributed by atoms with E-state index in [-0.39, 0.29) is 37.0 Å². The number of halogens is 2. The molecule has 0 saturated carbocycles. The molecule has 0 radical (unpaired) electrons. The third kappa shape index (κ3) is 3.25. The van der Waals surface area contributed by atoms with E-state index in [0.717, 1.165) is 5.56 Å². The summed E-state index contributed by atoms with van der Waals surface area (Å²) < 4.78 is 27.7. The second-order valence-electron chi connectivity index (χ2n) is 5.75. The summed E-state index contributed by atoms with van der Waals surface area (Å²) in [6.07, 6.45) is 0. The molecule has 2 aromatic carbocycles. The number of anilines is 2. The number of hydrogen-bond acceptors (Lipinski definition) is 5. The fourth-order valence-electron chi connectivity index (χ4n) is 2.65. The lowest BCUT2D eigenvalue weighted by molar-refractivity contribution is 0.596.